The highest BCUT2D eigenvalue weighted by Crippen LogP contribution is 2.32. The Labute approximate surface area is 197 Å². The summed E-state index contributed by atoms with van der Waals surface area (Å²) in [5.74, 6) is -1.36. The van der Waals surface area contributed by atoms with E-state index in [9.17, 15) is 23.1 Å². The molecule has 0 saturated carbocycles. The third-order valence-electron chi connectivity index (χ3n) is 4.98. The van der Waals surface area contributed by atoms with Gasteiger partial charge >= 0.3 is 5.97 Å². The first kappa shape index (κ1) is 24.6. The van der Waals surface area contributed by atoms with Crippen molar-refractivity contribution < 1.29 is 32.6 Å². The predicted molar refractivity (Wildman–Crippen MR) is 127 cm³/mol. The molecule has 0 aliphatic rings. The van der Waals surface area contributed by atoms with Crippen molar-refractivity contribution in [3.05, 3.63) is 77.9 Å². The monoisotopic (exact) mass is 484 g/mol. The van der Waals surface area contributed by atoms with E-state index in [-0.39, 0.29) is 27.6 Å². The molecule has 9 nitrogen and oxygen atoms in total. The van der Waals surface area contributed by atoms with Crippen LogP contribution in [-0.4, -0.2) is 46.2 Å². The summed E-state index contributed by atoms with van der Waals surface area (Å²) < 4.78 is 38.6. The third kappa shape index (κ3) is 5.29. The van der Waals surface area contributed by atoms with Crippen LogP contribution in [0.5, 0.6) is 11.5 Å². The number of hydrogen-bond acceptors (Lipinski definition) is 6. The second-order valence-electron chi connectivity index (χ2n) is 7.26. The normalized spacial score (nSPS) is 10.9. The van der Waals surface area contributed by atoms with Gasteiger partial charge in [0, 0.05) is 6.07 Å². The van der Waals surface area contributed by atoms with Gasteiger partial charge in [-0.25, -0.2) is 13.2 Å². The number of benzene rings is 3. The summed E-state index contributed by atoms with van der Waals surface area (Å²) in [5, 5.41) is 11.9. The van der Waals surface area contributed by atoms with Crippen molar-refractivity contribution >= 4 is 33.3 Å². The molecule has 10 heteroatoms. The molecule has 34 heavy (non-hydrogen) atoms. The molecule has 1 amide bonds. The summed E-state index contributed by atoms with van der Waals surface area (Å²) in [6, 6.07) is 16.6. The zero-order chi connectivity index (χ0) is 24.9. The zero-order valence-corrected chi connectivity index (χ0v) is 19.6. The molecule has 3 aromatic rings. The van der Waals surface area contributed by atoms with Crippen LogP contribution in [0.15, 0.2) is 71.6 Å². The summed E-state index contributed by atoms with van der Waals surface area (Å²) in [4.78, 5) is 24.2. The molecule has 0 aliphatic carbocycles. The molecule has 0 spiro atoms. The number of amides is 1. The number of carbonyl (C=O) groups is 2. The molecule has 0 aliphatic heterocycles. The molecule has 0 aromatic heterocycles. The van der Waals surface area contributed by atoms with Crippen LogP contribution >= 0.6 is 0 Å². The Balaban J connectivity index is 2.00. The van der Waals surface area contributed by atoms with Gasteiger partial charge in [0.1, 0.15) is 6.54 Å². The van der Waals surface area contributed by atoms with Gasteiger partial charge < -0.3 is 19.9 Å². The van der Waals surface area contributed by atoms with Gasteiger partial charge in [0.05, 0.1) is 36.1 Å². The minimum atomic E-state index is -4.22. The van der Waals surface area contributed by atoms with Crippen LogP contribution in [0.1, 0.15) is 15.9 Å². The van der Waals surface area contributed by atoms with E-state index in [0.29, 0.717) is 5.75 Å². The van der Waals surface area contributed by atoms with Gasteiger partial charge in [-0.15, -0.1) is 0 Å². The van der Waals surface area contributed by atoms with Crippen LogP contribution in [0.2, 0.25) is 0 Å². The number of nitrogens with zero attached hydrogens (tertiary/aromatic N) is 1. The van der Waals surface area contributed by atoms with Crippen molar-refractivity contribution in [2.75, 3.05) is 30.4 Å². The van der Waals surface area contributed by atoms with Gasteiger partial charge in [-0.05, 0) is 43.3 Å². The van der Waals surface area contributed by atoms with Crippen LogP contribution in [-0.2, 0) is 14.8 Å². The summed E-state index contributed by atoms with van der Waals surface area (Å²) in [6.07, 6.45) is 0. The minimum absolute atomic E-state index is 0.0624. The average Bonchev–Trinajstić information content (AvgIpc) is 2.82. The van der Waals surface area contributed by atoms with Crippen LogP contribution in [0.25, 0.3) is 0 Å². The number of rotatable bonds is 9. The number of hydrogen-bond donors (Lipinski definition) is 2. The molecule has 0 saturated heterocycles. The number of methoxy groups -OCH3 is 2. The van der Waals surface area contributed by atoms with E-state index >= 15 is 0 Å². The molecule has 0 atom stereocenters. The molecule has 178 valence electrons. The van der Waals surface area contributed by atoms with E-state index in [4.69, 9.17) is 9.47 Å². The maximum Gasteiger partial charge on any atom is 0.337 e. The lowest BCUT2D eigenvalue weighted by molar-refractivity contribution is -0.114. The number of carboxylic acids is 1. The Hall–Kier alpha value is -4.05. The molecule has 3 rings (SSSR count). The third-order valence-corrected chi connectivity index (χ3v) is 6.75. The van der Waals surface area contributed by atoms with E-state index in [1.54, 1.807) is 30.3 Å². The lowest BCUT2D eigenvalue weighted by Gasteiger charge is -2.25. The fraction of sp³-hybridized carbons (Fsp3) is 0.167. The fourth-order valence-corrected chi connectivity index (χ4v) is 4.67. The number of anilines is 2. The maximum atomic E-state index is 13.6. The van der Waals surface area contributed by atoms with Gasteiger partial charge in [-0.2, -0.15) is 0 Å². The highest BCUT2D eigenvalue weighted by molar-refractivity contribution is 7.92. The van der Waals surface area contributed by atoms with Crippen LogP contribution < -0.4 is 19.1 Å². The van der Waals surface area contributed by atoms with Gasteiger partial charge in [-0.1, -0.05) is 29.8 Å². The van der Waals surface area contributed by atoms with E-state index < -0.39 is 28.4 Å². The van der Waals surface area contributed by atoms with Crippen molar-refractivity contribution in [2.24, 2.45) is 0 Å². The summed E-state index contributed by atoms with van der Waals surface area (Å²) in [7, 11) is -1.40. The Morgan fingerprint density at radius 1 is 0.941 bits per heavy atom. The van der Waals surface area contributed by atoms with Gasteiger partial charge in [0.2, 0.25) is 5.91 Å². The van der Waals surface area contributed by atoms with Crippen LogP contribution in [0.4, 0.5) is 11.4 Å². The maximum absolute atomic E-state index is 13.6. The molecule has 0 fully saturated rings. The second-order valence-corrected chi connectivity index (χ2v) is 9.13. The number of nitrogens with one attached hydrogen (secondary N) is 1. The van der Waals surface area contributed by atoms with Crippen molar-refractivity contribution in [1.82, 2.24) is 0 Å². The Bertz CT molecular complexity index is 1310. The number of carbonyl (C=O) groups excluding carboxylic acids is 1. The number of carboxylic acid groups (broad SMARTS) is 1. The molecule has 3 aromatic carbocycles. The summed E-state index contributed by atoms with van der Waals surface area (Å²) in [5.41, 5.74) is 1.13. The first-order chi connectivity index (χ1) is 16.2. The molecule has 0 unspecified atom stereocenters. The van der Waals surface area contributed by atoms with Crippen LogP contribution in [0.3, 0.4) is 0 Å². The van der Waals surface area contributed by atoms with Crippen molar-refractivity contribution in [1.29, 1.82) is 0 Å². The molecule has 2 N–H and O–H groups in total. The minimum Gasteiger partial charge on any atom is -0.493 e. The number of ether oxygens (including phenoxy) is 2. The van der Waals surface area contributed by atoms with Crippen molar-refractivity contribution in [2.45, 2.75) is 11.8 Å². The number of aromatic carboxylic acids is 1. The first-order valence-corrected chi connectivity index (χ1v) is 11.5. The molecule has 0 radical (unpaired) electrons. The van der Waals surface area contributed by atoms with Gasteiger partial charge in [0.15, 0.2) is 11.5 Å². The molecule has 0 bridgehead atoms. The standard InChI is InChI=1S/C24H24N2O7S/c1-16-8-10-17(11-9-16)26(15-23(27)25-20-7-5-4-6-19(20)24(28)29)34(30,31)18-12-13-21(32-2)22(14-18)33-3/h4-14H,15H2,1-3H3,(H,25,27)(H,28,29). The molecular weight excluding hydrogens is 460 g/mol. The first-order valence-electron chi connectivity index (χ1n) is 10.1. The Morgan fingerprint density at radius 2 is 1.59 bits per heavy atom. The van der Waals surface area contributed by atoms with E-state index in [0.717, 1.165) is 9.87 Å². The largest absolute Gasteiger partial charge is 0.493 e. The average molecular weight is 485 g/mol. The number of aryl methyl sites for hydroxylation is 1. The van der Waals surface area contributed by atoms with Crippen molar-refractivity contribution in [3.63, 3.8) is 0 Å². The highest BCUT2D eigenvalue weighted by Gasteiger charge is 2.28. The Morgan fingerprint density at radius 3 is 2.21 bits per heavy atom. The summed E-state index contributed by atoms with van der Waals surface area (Å²) in [6.45, 7) is 1.26. The topological polar surface area (TPSA) is 122 Å². The smallest absolute Gasteiger partial charge is 0.337 e. The van der Waals surface area contributed by atoms with Crippen LogP contribution in [0, 0.1) is 6.92 Å². The van der Waals surface area contributed by atoms with E-state index in [2.05, 4.69) is 5.32 Å². The molecule has 0 heterocycles. The fourth-order valence-electron chi connectivity index (χ4n) is 3.23. The van der Waals surface area contributed by atoms with E-state index in [1.807, 2.05) is 6.92 Å². The quantitative estimate of drug-likeness (QED) is 0.476. The number of sulfonamides is 1. The predicted octanol–water partition coefficient (Wildman–Crippen LogP) is 3.54. The highest BCUT2D eigenvalue weighted by atomic mass is 32.2. The second kappa shape index (κ2) is 10.3. The van der Waals surface area contributed by atoms with E-state index in [1.165, 1.54) is 50.6 Å². The lowest BCUT2D eigenvalue weighted by Crippen LogP contribution is -2.38. The van der Waals surface area contributed by atoms with Gasteiger partial charge in [-0.3, -0.25) is 9.10 Å². The van der Waals surface area contributed by atoms with Gasteiger partial charge in [0.25, 0.3) is 10.0 Å². The van der Waals surface area contributed by atoms with Crippen molar-refractivity contribution in [3.8, 4) is 11.5 Å². The number of para-hydroxylation sites is 1. The Kier molecular flexibility index (Phi) is 7.42. The molecular formula is C24H24N2O7S. The SMILES string of the molecule is COc1ccc(S(=O)(=O)N(CC(=O)Nc2ccccc2C(=O)O)c2ccc(C)cc2)cc1OC. The lowest BCUT2D eigenvalue weighted by atomic mass is 10.2. The zero-order valence-electron chi connectivity index (χ0n) is 18.8. The summed E-state index contributed by atoms with van der Waals surface area (Å²) >= 11 is 0.